The van der Waals surface area contributed by atoms with Crippen molar-refractivity contribution in [2.45, 2.75) is 4.90 Å². The number of ether oxygens (including phenoxy) is 1. The van der Waals surface area contributed by atoms with Crippen LogP contribution in [0.2, 0.25) is 0 Å². The lowest BCUT2D eigenvalue weighted by molar-refractivity contribution is -0.387. The summed E-state index contributed by atoms with van der Waals surface area (Å²) in [6.45, 7) is -0.409. The number of nitro benzene ring substituents is 1. The molecule has 1 N–H and O–H groups in total. The summed E-state index contributed by atoms with van der Waals surface area (Å²) in [6.07, 6.45) is 1.71. The van der Waals surface area contributed by atoms with Gasteiger partial charge in [-0.2, -0.15) is 0 Å². The van der Waals surface area contributed by atoms with Crippen molar-refractivity contribution in [3.05, 3.63) is 33.9 Å². The fraction of sp³-hybridized carbons (Fsp3) is 0.300. The van der Waals surface area contributed by atoms with E-state index in [2.05, 4.69) is 4.74 Å². The second-order valence-electron chi connectivity index (χ2n) is 3.00. The van der Waals surface area contributed by atoms with Gasteiger partial charge < -0.3 is 9.84 Å². The maximum atomic E-state index is 11.4. The molecule has 0 atom stereocenters. The third-order valence-corrected chi connectivity index (χ3v) is 2.72. The van der Waals surface area contributed by atoms with Gasteiger partial charge in [0.1, 0.15) is 6.61 Å². The van der Waals surface area contributed by atoms with Crippen molar-refractivity contribution in [1.29, 1.82) is 0 Å². The standard InChI is InChI=1S/C10H11NO5S/c1-17-9-3-2-7(6-8(9)11(14)15)10(13)16-5-4-12/h2-3,6,12H,4-5H2,1H3. The Hall–Kier alpha value is -1.60. The monoisotopic (exact) mass is 257 g/mol. The molecule has 1 aromatic rings. The molecule has 7 heteroatoms. The molecule has 1 rings (SSSR count). The predicted octanol–water partition coefficient (Wildman–Crippen LogP) is 1.47. The van der Waals surface area contributed by atoms with Crippen LogP contribution in [0.4, 0.5) is 5.69 Å². The van der Waals surface area contributed by atoms with Crippen LogP contribution in [0.15, 0.2) is 23.1 Å². The molecule has 17 heavy (non-hydrogen) atoms. The molecule has 92 valence electrons. The topological polar surface area (TPSA) is 89.7 Å². The molecule has 1 aromatic carbocycles. The summed E-state index contributed by atoms with van der Waals surface area (Å²) in [5.74, 6) is -0.685. The zero-order valence-electron chi connectivity index (χ0n) is 9.08. The van der Waals surface area contributed by atoms with E-state index in [9.17, 15) is 14.9 Å². The van der Waals surface area contributed by atoms with Crippen LogP contribution in [0.1, 0.15) is 10.4 Å². The first-order valence-electron chi connectivity index (χ1n) is 4.70. The molecule has 6 nitrogen and oxygen atoms in total. The lowest BCUT2D eigenvalue weighted by Gasteiger charge is -2.04. The summed E-state index contributed by atoms with van der Waals surface area (Å²) < 4.78 is 4.67. The summed E-state index contributed by atoms with van der Waals surface area (Å²) in [5, 5.41) is 19.3. The fourth-order valence-electron chi connectivity index (χ4n) is 1.18. The van der Waals surface area contributed by atoms with E-state index < -0.39 is 10.9 Å². The normalized spacial score (nSPS) is 10.0. The first kappa shape index (κ1) is 13.5. The van der Waals surface area contributed by atoms with Gasteiger partial charge in [-0.15, -0.1) is 11.8 Å². The van der Waals surface area contributed by atoms with Crippen molar-refractivity contribution in [3.63, 3.8) is 0 Å². The van der Waals surface area contributed by atoms with Crippen LogP contribution in [-0.4, -0.2) is 35.5 Å². The van der Waals surface area contributed by atoms with Gasteiger partial charge in [-0.3, -0.25) is 10.1 Å². The molecule has 0 saturated heterocycles. The molecular formula is C10H11NO5S. The number of carbonyl (C=O) groups is 1. The molecule has 0 aliphatic carbocycles. The van der Waals surface area contributed by atoms with E-state index in [1.165, 1.54) is 30.0 Å². The minimum absolute atomic E-state index is 0.1000. The highest BCUT2D eigenvalue weighted by atomic mass is 32.2. The van der Waals surface area contributed by atoms with Crippen molar-refractivity contribution in [3.8, 4) is 0 Å². The smallest absolute Gasteiger partial charge is 0.338 e. The van der Waals surface area contributed by atoms with Gasteiger partial charge in [0.15, 0.2) is 0 Å². The molecule has 0 heterocycles. The molecule has 0 saturated carbocycles. The van der Waals surface area contributed by atoms with Crippen molar-refractivity contribution in [1.82, 2.24) is 0 Å². The lowest BCUT2D eigenvalue weighted by Crippen LogP contribution is -2.09. The van der Waals surface area contributed by atoms with Crippen LogP contribution in [0.3, 0.4) is 0 Å². The van der Waals surface area contributed by atoms with Crippen LogP contribution in [0.5, 0.6) is 0 Å². The quantitative estimate of drug-likeness (QED) is 0.372. The Bertz CT molecular complexity index is 435. The van der Waals surface area contributed by atoms with Gasteiger partial charge in [0.25, 0.3) is 5.69 Å². The van der Waals surface area contributed by atoms with E-state index in [0.717, 1.165) is 0 Å². The average Bonchev–Trinajstić information content (AvgIpc) is 2.34. The van der Waals surface area contributed by atoms with E-state index >= 15 is 0 Å². The Morgan fingerprint density at radius 1 is 1.59 bits per heavy atom. The highest BCUT2D eigenvalue weighted by Gasteiger charge is 2.17. The maximum Gasteiger partial charge on any atom is 0.338 e. The first-order chi connectivity index (χ1) is 8.10. The highest BCUT2D eigenvalue weighted by Crippen LogP contribution is 2.28. The number of nitrogens with zero attached hydrogens (tertiary/aromatic N) is 1. The number of esters is 1. The molecule has 0 radical (unpaired) electrons. The van der Waals surface area contributed by atoms with Gasteiger partial charge >= 0.3 is 5.97 Å². The van der Waals surface area contributed by atoms with Gasteiger partial charge in [0.2, 0.25) is 0 Å². The average molecular weight is 257 g/mol. The zero-order valence-corrected chi connectivity index (χ0v) is 9.90. The van der Waals surface area contributed by atoms with Crippen LogP contribution < -0.4 is 0 Å². The van der Waals surface area contributed by atoms with Crippen LogP contribution >= 0.6 is 11.8 Å². The van der Waals surface area contributed by atoms with Crippen LogP contribution in [-0.2, 0) is 4.74 Å². The van der Waals surface area contributed by atoms with E-state index in [1.54, 1.807) is 6.26 Å². The number of nitro groups is 1. The van der Waals surface area contributed by atoms with Crippen LogP contribution in [0, 0.1) is 10.1 Å². The first-order valence-corrected chi connectivity index (χ1v) is 5.93. The van der Waals surface area contributed by atoms with E-state index in [4.69, 9.17) is 5.11 Å². The third-order valence-electron chi connectivity index (χ3n) is 1.94. The van der Waals surface area contributed by atoms with Crippen molar-refractivity contribution >= 4 is 23.4 Å². The molecule has 0 amide bonds. The fourth-order valence-corrected chi connectivity index (χ4v) is 1.73. The van der Waals surface area contributed by atoms with E-state index in [0.29, 0.717) is 4.90 Å². The Labute approximate surface area is 102 Å². The predicted molar refractivity (Wildman–Crippen MR) is 62.2 cm³/mol. The summed E-state index contributed by atoms with van der Waals surface area (Å²) in [5.41, 5.74) is -0.0288. The molecule has 0 aliphatic rings. The van der Waals surface area contributed by atoms with Crippen LogP contribution in [0.25, 0.3) is 0 Å². The van der Waals surface area contributed by atoms with Gasteiger partial charge in [-0.1, -0.05) is 0 Å². The number of rotatable bonds is 5. The molecule has 0 unspecified atom stereocenters. The number of aliphatic hydroxyl groups is 1. The molecule has 0 fully saturated rings. The van der Waals surface area contributed by atoms with Gasteiger partial charge in [-0.25, -0.2) is 4.79 Å². The van der Waals surface area contributed by atoms with Crippen molar-refractivity contribution in [2.24, 2.45) is 0 Å². The number of carbonyl (C=O) groups excluding carboxylic acids is 1. The Balaban J connectivity index is 2.99. The second-order valence-corrected chi connectivity index (χ2v) is 3.85. The number of hydrogen-bond donors (Lipinski definition) is 1. The Morgan fingerprint density at radius 2 is 2.29 bits per heavy atom. The number of hydrogen-bond acceptors (Lipinski definition) is 6. The van der Waals surface area contributed by atoms with E-state index in [1.807, 2.05) is 0 Å². The second kappa shape index (κ2) is 6.21. The zero-order chi connectivity index (χ0) is 12.8. The molecule has 0 aromatic heterocycles. The highest BCUT2D eigenvalue weighted by molar-refractivity contribution is 7.98. The lowest BCUT2D eigenvalue weighted by atomic mass is 10.2. The molecule has 0 bridgehead atoms. The van der Waals surface area contributed by atoms with Gasteiger partial charge in [-0.05, 0) is 18.4 Å². The third kappa shape index (κ3) is 3.43. The maximum absolute atomic E-state index is 11.4. The van der Waals surface area contributed by atoms with Crippen molar-refractivity contribution in [2.75, 3.05) is 19.5 Å². The molecule has 0 aliphatic heterocycles. The minimum Gasteiger partial charge on any atom is -0.460 e. The molecular weight excluding hydrogens is 246 g/mol. The SMILES string of the molecule is CSc1ccc(C(=O)OCCO)cc1[N+](=O)[O-]. The Morgan fingerprint density at radius 3 is 2.82 bits per heavy atom. The minimum atomic E-state index is -0.685. The number of thioether (sulfide) groups is 1. The number of benzene rings is 1. The molecule has 0 spiro atoms. The Kier molecular flexibility index (Phi) is 4.92. The van der Waals surface area contributed by atoms with E-state index in [-0.39, 0.29) is 24.5 Å². The summed E-state index contributed by atoms with van der Waals surface area (Å²) >= 11 is 1.23. The number of aliphatic hydroxyl groups excluding tert-OH is 1. The van der Waals surface area contributed by atoms with Gasteiger partial charge in [0.05, 0.1) is 22.0 Å². The summed E-state index contributed by atoms with van der Waals surface area (Å²) in [6, 6.07) is 4.13. The van der Waals surface area contributed by atoms with Gasteiger partial charge in [0, 0.05) is 6.07 Å². The summed E-state index contributed by atoms with van der Waals surface area (Å²) in [4.78, 5) is 22.1. The van der Waals surface area contributed by atoms with Crippen molar-refractivity contribution < 1.29 is 19.6 Å². The largest absolute Gasteiger partial charge is 0.460 e. The summed E-state index contributed by atoms with van der Waals surface area (Å²) in [7, 11) is 0.